The Kier molecular flexibility index (Phi) is 5.56. The summed E-state index contributed by atoms with van der Waals surface area (Å²) in [7, 11) is 0. The highest BCUT2D eigenvalue weighted by Crippen LogP contribution is 2.34. The van der Waals surface area contributed by atoms with Gasteiger partial charge in [-0.2, -0.15) is 0 Å². The topological polar surface area (TPSA) is 60.9 Å². The molecule has 0 N–H and O–H groups in total. The number of carbonyl (C=O) groups excluding carboxylic acids is 3. The van der Waals surface area contributed by atoms with E-state index in [9.17, 15) is 14.4 Å². The minimum atomic E-state index is -0.470. The van der Waals surface area contributed by atoms with E-state index >= 15 is 0 Å². The van der Waals surface area contributed by atoms with Crippen LogP contribution in [0.4, 0.5) is 5.69 Å². The predicted molar refractivity (Wildman–Crippen MR) is 110 cm³/mol. The molecular weight excluding hydrogens is 422 g/mol. The molecular formula is C21H26BrN3O3. The number of hydrogen-bond acceptors (Lipinski definition) is 4. The number of anilines is 1. The average Bonchev–Trinajstić information content (AvgIpc) is 2.94. The fraction of sp³-hybridized carbons (Fsp3) is 0.571. The minimum absolute atomic E-state index is 0.0823. The van der Waals surface area contributed by atoms with Gasteiger partial charge in [0.15, 0.2) is 0 Å². The number of benzene rings is 1. The predicted octanol–water partition coefficient (Wildman–Crippen LogP) is 2.91. The van der Waals surface area contributed by atoms with Crippen LogP contribution in [0.3, 0.4) is 0 Å². The maximum atomic E-state index is 12.8. The molecule has 0 aliphatic carbocycles. The number of Topliss-reactive ketones (excluding diaryl/α,β-unsaturated/α-hetero) is 1. The third-order valence-electron chi connectivity index (χ3n) is 6.20. The van der Waals surface area contributed by atoms with E-state index in [0.29, 0.717) is 34.2 Å². The van der Waals surface area contributed by atoms with Gasteiger partial charge in [-0.1, -0.05) is 13.0 Å². The van der Waals surface area contributed by atoms with Crippen molar-refractivity contribution in [2.45, 2.75) is 32.6 Å². The van der Waals surface area contributed by atoms with E-state index in [4.69, 9.17) is 0 Å². The summed E-state index contributed by atoms with van der Waals surface area (Å²) in [5, 5.41) is 0. The van der Waals surface area contributed by atoms with Crippen molar-refractivity contribution in [1.82, 2.24) is 9.80 Å². The van der Waals surface area contributed by atoms with E-state index in [-0.39, 0.29) is 5.92 Å². The standard InChI is InChI=1S/C21H26BrN3O3/c1-14-4-3-9-24(12-14)20(27)15-7-10-23(11-8-15)13-25-17-6-2-5-16(22)18(17)19(26)21(25)28/h2,5-6,14-15H,3-4,7-13H2,1H3. The molecule has 7 heteroatoms. The quantitative estimate of drug-likeness (QED) is 0.668. The molecule has 2 saturated heterocycles. The lowest BCUT2D eigenvalue weighted by molar-refractivity contribution is -0.138. The molecule has 4 rings (SSSR count). The van der Waals surface area contributed by atoms with Gasteiger partial charge < -0.3 is 4.90 Å². The van der Waals surface area contributed by atoms with Gasteiger partial charge in [0.05, 0.1) is 17.9 Å². The summed E-state index contributed by atoms with van der Waals surface area (Å²) in [6.45, 7) is 5.92. The number of nitrogens with zero attached hydrogens (tertiary/aromatic N) is 3. The van der Waals surface area contributed by atoms with Crippen LogP contribution < -0.4 is 4.90 Å². The molecule has 0 aromatic heterocycles. The molecule has 1 unspecified atom stereocenters. The summed E-state index contributed by atoms with van der Waals surface area (Å²) < 4.78 is 0.658. The van der Waals surface area contributed by atoms with Crippen LogP contribution in [0.1, 0.15) is 43.0 Å². The zero-order valence-electron chi connectivity index (χ0n) is 16.2. The minimum Gasteiger partial charge on any atom is -0.342 e. The van der Waals surface area contributed by atoms with Crippen molar-refractivity contribution >= 4 is 39.2 Å². The molecule has 28 heavy (non-hydrogen) atoms. The lowest BCUT2D eigenvalue weighted by atomic mass is 9.93. The first-order valence-corrected chi connectivity index (χ1v) is 10.9. The zero-order valence-corrected chi connectivity index (χ0v) is 17.8. The van der Waals surface area contributed by atoms with Gasteiger partial charge in [-0.15, -0.1) is 0 Å². The van der Waals surface area contributed by atoms with Crippen molar-refractivity contribution in [1.29, 1.82) is 0 Å². The van der Waals surface area contributed by atoms with Gasteiger partial charge in [0.1, 0.15) is 0 Å². The molecule has 150 valence electrons. The summed E-state index contributed by atoms with van der Waals surface area (Å²) in [4.78, 5) is 43.4. The maximum Gasteiger partial charge on any atom is 0.300 e. The van der Waals surface area contributed by atoms with Crippen LogP contribution in [0.5, 0.6) is 0 Å². The Morgan fingerprint density at radius 2 is 1.89 bits per heavy atom. The zero-order chi connectivity index (χ0) is 19.8. The molecule has 0 saturated carbocycles. The molecule has 2 fully saturated rings. The van der Waals surface area contributed by atoms with Gasteiger partial charge >= 0.3 is 5.91 Å². The first-order chi connectivity index (χ1) is 13.5. The van der Waals surface area contributed by atoms with Crippen LogP contribution in [0.15, 0.2) is 22.7 Å². The highest BCUT2D eigenvalue weighted by atomic mass is 79.9. The summed E-state index contributed by atoms with van der Waals surface area (Å²) in [6.07, 6.45) is 3.93. The Bertz CT molecular complexity index is 804. The molecule has 0 bridgehead atoms. The number of carbonyl (C=O) groups is 3. The van der Waals surface area contributed by atoms with Gasteiger partial charge in [-0.25, -0.2) is 0 Å². The Hall–Kier alpha value is -1.73. The SMILES string of the molecule is CC1CCCN(C(=O)C2CCN(CN3C(=O)C(=O)c4c(Br)cccc43)CC2)C1. The van der Waals surface area contributed by atoms with E-state index in [1.165, 1.54) is 6.42 Å². The molecule has 0 spiro atoms. The van der Waals surface area contributed by atoms with Crippen molar-refractivity contribution in [2.75, 3.05) is 37.7 Å². The molecule has 1 atom stereocenters. The molecule has 1 aromatic rings. The fourth-order valence-electron chi connectivity index (χ4n) is 4.61. The molecule has 6 nitrogen and oxygen atoms in total. The van der Waals surface area contributed by atoms with Crippen LogP contribution in [0, 0.1) is 11.8 Å². The number of halogens is 1. The summed E-state index contributed by atoms with van der Waals surface area (Å²) in [6, 6.07) is 5.44. The monoisotopic (exact) mass is 447 g/mol. The van der Waals surface area contributed by atoms with Gasteiger partial charge in [0, 0.05) is 36.6 Å². The second-order valence-corrected chi connectivity index (χ2v) is 9.12. The third-order valence-corrected chi connectivity index (χ3v) is 6.86. The van der Waals surface area contributed by atoms with Gasteiger partial charge in [-0.05, 0) is 59.7 Å². The summed E-state index contributed by atoms with van der Waals surface area (Å²) >= 11 is 3.38. The van der Waals surface area contributed by atoms with Gasteiger partial charge in [0.2, 0.25) is 5.91 Å². The Balaban J connectivity index is 1.36. The smallest absolute Gasteiger partial charge is 0.300 e. The van der Waals surface area contributed by atoms with Crippen molar-refractivity contribution in [3.8, 4) is 0 Å². The van der Waals surface area contributed by atoms with Gasteiger partial charge in [-0.3, -0.25) is 24.2 Å². The van der Waals surface area contributed by atoms with Crippen molar-refractivity contribution in [3.05, 3.63) is 28.2 Å². The van der Waals surface area contributed by atoms with Crippen LogP contribution >= 0.6 is 15.9 Å². The lowest BCUT2D eigenvalue weighted by Gasteiger charge is -2.38. The number of likely N-dealkylation sites (tertiary alicyclic amines) is 2. The molecule has 0 radical (unpaired) electrons. The van der Waals surface area contributed by atoms with E-state index in [1.807, 2.05) is 17.0 Å². The van der Waals surface area contributed by atoms with E-state index in [1.54, 1.807) is 11.0 Å². The third kappa shape index (κ3) is 3.62. The number of ketones is 1. The first-order valence-electron chi connectivity index (χ1n) is 10.1. The van der Waals surface area contributed by atoms with E-state index < -0.39 is 11.7 Å². The largest absolute Gasteiger partial charge is 0.342 e. The number of rotatable bonds is 3. The van der Waals surface area contributed by atoms with Crippen LogP contribution in [0.2, 0.25) is 0 Å². The molecule has 3 aliphatic heterocycles. The van der Waals surface area contributed by atoms with Crippen LogP contribution in [-0.4, -0.2) is 60.2 Å². The second-order valence-electron chi connectivity index (χ2n) is 8.26. The number of amides is 2. The Labute approximate surface area is 174 Å². The van der Waals surface area contributed by atoms with Crippen molar-refractivity contribution < 1.29 is 14.4 Å². The summed E-state index contributed by atoms with van der Waals surface area (Å²) in [5.41, 5.74) is 1.13. The molecule has 1 aromatic carbocycles. The fourth-order valence-corrected chi connectivity index (χ4v) is 5.15. The highest BCUT2D eigenvalue weighted by Gasteiger charge is 2.39. The first kappa shape index (κ1) is 19.6. The van der Waals surface area contributed by atoms with Crippen molar-refractivity contribution in [3.63, 3.8) is 0 Å². The van der Waals surface area contributed by atoms with Crippen LogP contribution in [-0.2, 0) is 9.59 Å². The maximum absolute atomic E-state index is 12.8. The van der Waals surface area contributed by atoms with Crippen LogP contribution in [0.25, 0.3) is 0 Å². The highest BCUT2D eigenvalue weighted by molar-refractivity contribution is 9.10. The van der Waals surface area contributed by atoms with Gasteiger partial charge in [0.25, 0.3) is 5.78 Å². The molecule has 3 heterocycles. The van der Waals surface area contributed by atoms with E-state index in [2.05, 4.69) is 27.8 Å². The average molecular weight is 448 g/mol. The number of fused-ring (bicyclic) bond motifs is 1. The normalized spacial score (nSPS) is 24.0. The lowest BCUT2D eigenvalue weighted by Crippen LogP contribution is -2.48. The molecule has 2 amide bonds. The number of hydrogen-bond donors (Lipinski definition) is 0. The summed E-state index contributed by atoms with van der Waals surface area (Å²) in [5.74, 6) is 0.0526. The molecule has 3 aliphatic rings. The van der Waals surface area contributed by atoms with E-state index in [0.717, 1.165) is 45.4 Å². The second kappa shape index (κ2) is 7.95. The van der Waals surface area contributed by atoms with Crippen molar-refractivity contribution in [2.24, 2.45) is 11.8 Å². The Morgan fingerprint density at radius 1 is 1.14 bits per heavy atom. The number of piperidine rings is 2. The Morgan fingerprint density at radius 3 is 2.61 bits per heavy atom.